The van der Waals surface area contributed by atoms with Crippen molar-refractivity contribution in [3.8, 4) is 0 Å². The smallest absolute Gasteiger partial charge is 0.168 e. The summed E-state index contributed by atoms with van der Waals surface area (Å²) in [4.78, 5) is 12.7. The molecule has 0 aromatic heterocycles. The Morgan fingerprint density at radius 2 is 2.10 bits per heavy atom. The molecule has 0 heterocycles. The van der Waals surface area contributed by atoms with E-state index in [-0.39, 0.29) is 11.2 Å². The van der Waals surface area contributed by atoms with Crippen LogP contribution in [-0.4, -0.2) is 12.3 Å². The van der Waals surface area contributed by atoms with Crippen LogP contribution in [0.15, 0.2) is 18.2 Å². The van der Waals surface area contributed by atoms with E-state index in [0.717, 1.165) is 31.4 Å². The number of Topliss-reactive ketones (excluding diaryl/α,β-unsaturated/α-hetero) is 1. The van der Waals surface area contributed by atoms with Crippen LogP contribution in [0.2, 0.25) is 0 Å². The maximum Gasteiger partial charge on any atom is 0.168 e. The van der Waals surface area contributed by atoms with E-state index in [2.05, 4.69) is 18.3 Å². The molecule has 1 unspecified atom stereocenters. The fourth-order valence-electron chi connectivity index (χ4n) is 3.01. The predicted molar refractivity (Wildman–Crippen MR) is 84.2 cm³/mol. The molecular weight excluding hydrogens is 246 g/mol. The molecule has 1 N–H and O–H groups in total. The second-order valence-corrected chi connectivity index (χ2v) is 6.86. The Kier molecular flexibility index (Phi) is 4.64. The third-order valence-electron chi connectivity index (χ3n) is 4.05. The van der Waals surface area contributed by atoms with Crippen LogP contribution in [0.5, 0.6) is 0 Å². The van der Waals surface area contributed by atoms with Gasteiger partial charge in [-0.1, -0.05) is 45.9 Å². The van der Waals surface area contributed by atoms with Crippen LogP contribution < -0.4 is 5.32 Å². The van der Waals surface area contributed by atoms with Crippen molar-refractivity contribution >= 4 is 5.78 Å². The fraction of sp³-hybridized carbons (Fsp3) is 0.611. The first-order chi connectivity index (χ1) is 9.45. The average Bonchev–Trinajstić information content (AvgIpc) is 2.42. The number of ketones is 1. The van der Waals surface area contributed by atoms with Gasteiger partial charge in [-0.3, -0.25) is 4.79 Å². The van der Waals surface area contributed by atoms with Crippen LogP contribution in [0.1, 0.15) is 74.5 Å². The molecule has 0 saturated carbocycles. The van der Waals surface area contributed by atoms with Gasteiger partial charge in [-0.15, -0.1) is 0 Å². The Morgan fingerprint density at radius 1 is 1.35 bits per heavy atom. The summed E-state index contributed by atoms with van der Waals surface area (Å²) in [5.41, 5.74) is 3.25. The largest absolute Gasteiger partial charge is 0.310 e. The zero-order valence-corrected chi connectivity index (χ0v) is 13.3. The second kappa shape index (κ2) is 6.09. The molecule has 2 nitrogen and oxygen atoms in total. The van der Waals surface area contributed by atoms with Crippen LogP contribution in [0.4, 0.5) is 0 Å². The van der Waals surface area contributed by atoms with Crippen LogP contribution >= 0.6 is 0 Å². The monoisotopic (exact) mass is 273 g/mol. The highest BCUT2D eigenvalue weighted by atomic mass is 16.1. The van der Waals surface area contributed by atoms with E-state index in [1.165, 1.54) is 17.5 Å². The molecule has 0 fully saturated rings. The van der Waals surface area contributed by atoms with E-state index in [4.69, 9.17) is 0 Å². The van der Waals surface area contributed by atoms with Crippen molar-refractivity contribution in [2.45, 2.75) is 59.4 Å². The van der Waals surface area contributed by atoms with Crippen molar-refractivity contribution in [2.24, 2.45) is 5.41 Å². The lowest BCUT2D eigenvalue weighted by Gasteiger charge is -2.30. The molecule has 2 rings (SSSR count). The van der Waals surface area contributed by atoms with Crippen LogP contribution in [0, 0.1) is 5.41 Å². The minimum Gasteiger partial charge on any atom is -0.310 e. The highest BCUT2D eigenvalue weighted by Crippen LogP contribution is 2.35. The topological polar surface area (TPSA) is 29.1 Å². The summed E-state index contributed by atoms with van der Waals surface area (Å²) in [6.45, 7) is 9.22. The van der Waals surface area contributed by atoms with Crippen molar-refractivity contribution in [2.75, 3.05) is 6.54 Å². The number of carbonyl (C=O) groups is 1. The van der Waals surface area contributed by atoms with Gasteiger partial charge in [-0.05, 0) is 43.4 Å². The van der Waals surface area contributed by atoms with Crippen molar-refractivity contribution in [3.05, 3.63) is 34.9 Å². The van der Waals surface area contributed by atoms with Gasteiger partial charge in [-0.2, -0.15) is 0 Å². The number of fused-ring (bicyclic) bond motifs is 1. The number of rotatable bonds is 4. The standard InChI is InChI=1S/C18H27NO/c1-5-12-19-15-11-7-9-13-8-6-10-14(16(13)15)17(20)18(2,3)4/h6,8,10,15,19H,5,7,9,11-12H2,1-4H3. The van der Waals surface area contributed by atoms with Gasteiger partial charge in [-0.25, -0.2) is 0 Å². The van der Waals surface area contributed by atoms with E-state index in [1.807, 2.05) is 32.9 Å². The lowest BCUT2D eigenvalue weighted by atomic mass is 9.78. The van der Waals surface area contributed by atoms with E-state index in [9.17, 15) is 4.79 Å². The van der Waals surface area contributed by atoms with Gasteiger partial charge in [0.05, 0.1) is 0 Å². The molecule has 1 atom stereocenters. The Morgan fingerprint density at radius 3 is 2.75 bits per heavy atom. The summed E-state index contributed by atoms with van der Waals surface area (Å²) >= 11 is 0. The van der Waals surface area contributed by atoms with Crippen LogP contribution in [-0.2, 0) is 6.42 Å². The number of hydrogen-bond donors (Lipinski definition) is 1. The minimum absolute atomic E-state index is 0.263. The van der Waals surface area contributed by atoms with E-state index < -0.39 is 0 Å². The Hall–Kier alpha value is -1.15. The number of carbonyl (C=O) groups excluding carboxylic acids is 1. The summed E-state index contributed by atoms with van der Waals surface area (Å²) in [5.74, 6) is 0.263. The molecule has 0 aliphatic heterocycles. The van der Waals surface area contributed by atoms with Gasteiger partial charge in [0.15, 0.2) is 5.78 Å². The third-order valence-corrected chi connectivity index (χ3v) is 4.05. The molecule has 1 aliphatic rings. The van der Waals surface area contributed by atoms with Crippen LogP contribution in [0.25, 0.3) is 0 Å². The van der Waals surface area contributed by atoms with Gasteiger partial charge in [0, 0.05) is 17.0 Å². The SMILES string of the molecule is CCCNC1CCCc2cccc(C(=O)C(C)(C)C)c21. The van der Waals surface area contributed by atoms with E-state index in [0.29, 0.717) is 6.04 Å². The van der Waals surface area contributed by atoms with Crippen molar-refractivity contribution < 1.29 is 4.79 Å². The highest BCUT2D eigenvalue weighted by Gasteiger charge is 2.30. The van der Waals surface area contributed by atoms with Crippen molar-refractivity contribution in [3.63, 3.8) is 0 Å². The molecule has 1 aromatic rings. The summed E-state index contributed by atoms with van der Waals surface area (Å²) < 4.78 is 0. The summed E-state index contributed by atoms with van der Waals surface area (Å²) in [7, 11) is 0. The first-order valence-corrected chi connectivity index (χ1v) is 7.85. The molecule has 0 radical (unpaired) electrons. The number of nitrogens with one attached hydrogen (secondary N) is 1. The first kappa shape index (κ1) is 15.2. The molecule has 1 aromatic carbocycles. The van der Waals surface area contributed by atoms with E-state index in [1.54, 1.807) is 0 Å². The maximum atomic E-state index is 12.7. The van der Waals surface area contributed by atoms with Crippen molar-refractivity contribution in [1.82, 2.24) is 5.32 Å². The summed E-state index contributed by atoms with van der Waals surface area (Å²) in [6, 6.07) is 6.59. The Labute approximate surface area is 123 Å². The first-order valence-electron chi connectivity index (χ1n) is 7.85. The van der Waals surface area contributed by atoms with Gasteiger partial charge in [0.1, 0.15) is 0 Å². The van der Waals surface area contributed by atoms with Gasteiger partial charge in [0.2, 0.25) is 0 Å². The Balaban J connectivity index is 2.42. The second-order valence-electron chi connectivity index (χ2n) is 6.86. The number of aryl methyl sites for hydroxylation is 1. The summed E-state index contributed by atoms with van der Waals surface area (Å²) in [6.07, 6.45) is 4.58. The van der Waals surface area contributed by atoms with Gasteiger partial charge >= 0.3 is 0 Å². The number of benzene rings is 1. The lowest BCUT2D eigenvalue weighted by molar-refractivity contribution is 0.0856. The molecule has 0 spiro atoms. The molecule has 20 heavy (non-hydrogen) atoms. The zero-order valence-electron chi connectivity index (χ0n) is 13.3. The van der Waals surface area contributed by atoms with Gasteiger partial charge < -0.3 is 5.32 Å². The van der Waals surface area contributed by atoms with Crippen molar-refractivity contribution in [1.29, 1.82) is 0 Å². The Bertz CT molecular complexity index is 485. The minimum atomic E-state index is -0.318. The zero-order chi connectivity index (χ0) is 14.8. The predicted octanol–water partition coefficient (Wildman–Crippen LogP) is 4.29. The fourth-order valence-corrected chi connectivity index (χ4v) is 3.01. The molecule has 2 heteroatoms. The molecular formula is C18H27NO. The van der Waals surface area contributed by atoms with E-state index >= 15 is 0 Å². The molecule has 0 saturated heterocycles. The maximum absolute atomic E-state index is 12.7. The molecule has 0 amide bonds. The van der Waals surface area contributed by atoms with Crippen LogP contribution in [0.3, 0.4) is 0 Å². The van der Waals surface area contributed by atoms with Gasteiger partial charge in [0.25, 0.3) is 0 Å². The molecule has 110 valence electrons. The number of hydrogen-bond acceptors (Lipinski definition) is 2. The molecule has 0 bridgehead atoms. The molecule has 1 aliphatic carbocycles. The normalized spacial score (nSPS) is 18.7. The quantitative estimate of drug-likeness (QED) is 0.829. The third kappa shape index (κ3) is 3.12. The lowest BCUT2D eigenvalue weighted by Crippen LogP contribution is -2.30. The summed E-state index contributed by atoms with van der Waals surface area (Å²) in [5, 5.41) is 3.62. The average molecular weight is 273 g/mol. The highest BCUT2D eigenvalue weighted by molar-refractivity contribution is 6.01.